The van der Waals surface area contributed by atoms with E-state index in [1.54, 1.807) is 10.9 Å². The first-order valence-corrected chi connectivity index (χ1v) is 9.06. The van der Waals surface area contributed by atoms with Crippen LogP contribution in [-0.4, -0.2) is 49.0 Å². The molecule has 8 nitrogen and oxygen atoms in total. The lowest BCUT2D eigenvalue weighted by molar-refractivity contribution is 0.0791. The van der Waals surface area contributed by atoms with Gasteiger partial charge in [-0.1, -0.05) is 17.3 Å². The molecule has 0 aromatic carbocycles. The van der Waals surface area contributed by atoms with Crippen LogP contribution in [0, 0.1) is 6.92 Å². The molecule has 3 aromatic rings. The Morgan fingerprint density at radius 2 is 2.32 bits per heavy atom. The van der Waals surface area contributed by atoms with Crippen LogP contribution in [0.1, 0.15) is 39.8 Å². The fourth-order valence-corrected chi connectivity index (χ4v) is 3.74. The number of rotatable bonds is 4. The highest BCUT2D eigenvalue weighted by Gasteiger charge is 2.29. The van der Waals surface area contributed by atoms with Crippen molar-refractivity contribution in [3.63, 3.8) is 0 Å². The monoisotopic (exact) mass is 358 g/mol. The van der Waals surface area contributed by atoms with Gasteiger partial charge in [-0.3, -0.25) is 4.79 Å². The van der Waals surface area contributed by atoms with E-state index in [4.69, 9.17) is 4.52 Å². The number of carbonyl (C=O) groups is 1. The van der Waals surface area contributed by atoms with Crippen molar-refractivity contribution >= 4 is 17.2 Å². The molecule has 4 heterocycles. The number of thiophene rings is 1. The number of likely N-dealkylation sites (tertiary alicyclic amines) is 1. The van der Waals surface area contributed by atoms with Gasteiger partial charge in [-0.15, -0.1) is 16.4 Å². The van der Waals surface area contributed by atoms with Gasteiger partial charge >= 0.3 is 0 Å². The third-order valence-corrected chi connectivity index (χ3v) is 5.28. The Kier molecular flexibility index (Phi) is 4.08. The molecule has 1 aliphatic heterocycles. The van der Waals surface area contributed by atoms with Crippen LogP contribution in [0.25, 0.3) is 11.6 Å². The zero-order valence-corrected chi connectivity index (χ0v) is 14.9. The molecule has 3 aromatic heterocycles. The van der Waals surface area contributed by atoms with Crippen molar-refractivity contribution in [2.75, 3.05) is 13.1 Å². The van der Waals surface area contributed by atoms with Crippen LogP contribution in [0.15, 0.2) is 22.9 Å². The molecule has 130 valence electrons. The molecule has 9 heteroatoms. The lowest BCUT2D eigenvalue weighted by atomic mass is 10.3. The minimum atomic E-state index is 0.0884. The maximum absolute atomic E-state index is 12.6. The van der Waals surface area contributed by atoms with Crippen molar-refractivity contribution in [2.24, 2.45) is 0 Å². The summed E-state index contributed by atoms with van der Waals surface area (Å²) < 4.78 is 6.99. The second kappa shape index (κ2) is 6.40. The molecule has 0 saturated carbocycles. The molecule has 1 fully saturated rings. The van der Waals surface area contributed by atoms with Crippen LogP contribution in [0.5, 0.6) is 0 Å². The minimum Gasteiger partial charge on any atom is -0.336 e. The van der Waals surface area contributed by atoms with Gasteiger partial charge < -0.3 is 9.42 Å². The Bertz CT molecular complexity index is 898. The van der Waals surface area contributed by atoms with E-state index < -0.39 is 0 Å². The van der Waals surface area contributed by atoms with Crippen LogP contribution in [0.2, 0.25) is 0 Å². The summed E-state index contributed by atoms with van der Waals surface area (Å²) in [4.78, 5) is 20.6. The summed E-state index contributed by atoms with van der Waals surface area (Å²) in [5, 5.41) is 12.2. The van der Waals surface area contributed by atoms with Gasteiger partial charge in [-0.25, -0.2) is 4.68 Å². The summed E-state index contributed by atoms with van der Waals surface area (Å²) in [7, 11) is 0. The lowest BCUT2D eigenvalue weighted by Gasteiger charge is -2.15. The summed E-state index contributed by atoms with van der Waals surface area (Å²) >= 11 is 1.53. The van der Waals surface area contributed by atoms with Crippen molar-refractivity contribution in [3.05, 3.63) is 33.9 Å². The average Bonchev–Trinajstić information content (AvgIpc) is 3.37. The second-order valence-corrected chi connectivity index (χ2v) is 7.34. The molecule has 1 amide bonds. The van der Waals surface area contributed by atoms with Gasteiger partial charge in [0.1, 0.15) is 0 Å². The molecule has 0 spiro atoms. The minimum absolute atomic E-state index is 0.0884. The fourth-order valence-electron chi connectivity index (χ4n) is 2.90. The number of hydrogen-bond donors (Lipinski definition) is 0. The highest BCUT2D eigenvalue weighted by molar-refractivity contribution is 7.13. The third kappa shape index (κ3) is 3.07. The topological polar surface area (TPSA) is 89.9 Å². The van der Waals surface area contributed by atoms with E-state index in [0.717, 1.165) is 22.7 Å². The first-order valence-electron chi connectivity index (χ1n) is 8.24. The molecule has 0 bridgehead atoms. The van der Waals surface area contributed by atoms with Gasteiger partial charge in [0.2, 0.25) is 0 Å². The fraction of sp³-hybridized carbons (Fsp3) is 0.438. The van der Waals surface area contributed by atoms with Gasteiger partial charge in [0.25, 0.3) is 11.8 Å². The number of aryl methyl sites for hydroxylation is 2. The van der Waals surface area contributed by atoms with Crippen molar-refractivity contribution in [1.29, 1.82) is 0 Å². The van der Waals surface area contributed by atoms with Gasteiger partial charge in [0.05, 0.1) is 17.1 Å². The Labute approximate surface area is 148 Å². The predicted molar refractivity (Wildman–Crippen MR) is 91.3 cm³/mol. The van der Waals surface area contributed by atoms with Gasteiger partial charge in [0.15, 0.2) is 11.5 Å². The van der Waals surface area contributed by atoms with Crippen LogP contribution >= 0.6 is 11.3 Å². The van der Waals surface area contributed by atoms with Crippen molar-refractivity contribution in [1.82, 2.24) is 30.0 Å². The van der Waals surface area contributed by atoms with Crippen LogP contribution in [0.4, 0.5) is 0 Å². The average molecular weight is 358 g/mol. The van der Waals surface area contributed by atoms with Crippen molar-refractivity contribution in [2.45, 2.75) is 32.7 Å². The number of amides is 1. The van der Waals surface area contributed by atoms with E-state index in [1.165, 1.54) is 11.3 Å². The van der Waals surface area contributed by atoms with Crippen molar-refractivity contribution in [3.8, 4) is 11.6 Å². The molecule has 0 radical (unpaired) electrons. The first kappa shape index (κ1) is 15.9. The molecular weight excluding hydrogens is 340 g/mol. The zero-order valence-electron chi connectivity index (χ0n) is 14.0. The second-order valence-electron chi connectivity index (χ2n) is 6.06. The third-order valence-electron chi connectivity index (χ3n) is 4.29. The molecule has 0 unspecified atom stereocenters. The highest BCUT2D eigenvalue weighted by Crippen LogP contribution is 2.26. The van der Waals surface area contributed by atoms with Gasteiger partial charge in [0, 0.05) is 24.4 Å². The maximum Gasteiger partial charge on any atom is 0.280 e. The Morgan fingerprint density at radius 1 is 1.44 bits per heavy atom. The summed E-state index contributed by atoms with van der Waals surface area (Å²) in [5.74, 6) is 1.11. The Balaban J connectivity index is 1.46. The summed E-state index contributed by atoms with van der Waals surface area (Å²) in [6.07, 6.45) is 3.36. The Morgan fingerprint density at radius 3 is 3.04 bits per heavy atom. The molecule has 1 saturated heterocycles. The molecule has 1 aliphatic rings. The van der Waals surface area contributed by atoms with Crippen molar-refractivity contribution < 1.29 is 9.32 Å². The predicted octanol–water partition coefficient (Wildman–Crippen LogP) is 2.35. The normalized spacial score (nSPS) is 17.4. The molecule has 0 aliphatic carbocycles. The number of hydrogen-bond acceptors (Lipinski definition) is 7. The summed E-state index contributed by atoms with van der Waals surface area (Å²) in [6, 6.07) is 3.98. The standard InChI is InChI=1S/C16H18N6O2S/c1-3-14-17-15(24-19-14)12-9-22(20-18-12)11-6-7-21(8-11)16(23)13-5-4-10(2)25-13/h4-5,9,11H,3,6-8H2,1-2H3/t11-/m1/s1. The zero-order chi connectivity index (χ0) is 17.4. The quantitative estimate of drug-likeness (QED) is 0.711. The van der Waals surface area contributed by atoms with Crippen LogP contribution < -0.4 is 0 Å². The van der Waals surface area contributed by atoms with E-state index in [9.17, 15) is 4.79 Å². The van der Waals surface area contributed by atoms with E-state index in [-0.39, 0.29) is 11.9 Å². The molecule has 1 atom stereocenters. The van der Waals surface area contributed by atoms with Crippen LogP contribution in [-0.2, 0) is 6.42 Å². The molecule has 4 rings (SSSR count). The van der Waals surface area contributed by atoms with Gasteiger partial charge in [-0.05, 0) is 25.5 Å². The SMILES string of the molecule is CCc1noc(-c2cn([C@@H]3CCN(C(=O)c4ccc(C)s4)C3)nn2)n1. The molecule has 0 N–H and O–H groups in total. The highest BCUT2D eigenvalue weighted by atomic mass is 32.1. The van der Waals surface area contributed by atoms with Crippen LogP contribution in [0.3, 0.4) is 0 Å². The summed E-state index contributed by atoms with van der Waals surface area (Å²) in [5.41, 5.74) is 0.561. The first-order chi connectivity index (χ1) is 12.1. The van der Waals surface area contributed by atoms with E-state index in [0.29, 0.717) is 30.4 Å². The number of carbonyl (C=O) groups excluding carboxylic acids is 1. The Hall–Kier alpha value is -2.55. The lowest BCUT2D eigenvalue weighted by Crippen LogP contribution is -2.28. The van der Waals surface area contributed by atoms with E-state index in [1.807, 2.05) is 30.9 Å². The smallest absolute Gasteiger partial charge is 0.280 e. The number of nitrogens with zero attached hydrogens (tertiary/aromatic N) is 6. The maximum atomic E-state index is 12.6. The van der Waals surface area contributed by atoms with E-state index >= 15 is 0 Å². The number of aromatic nitrogens is 5. The van der Waals surface area contributed by atoms with Gasteiger partial charge in [-0.2, -0.15) is 4.98 Å². The molecule has 25 heavy (non-hydrogen) atoms. The van der Waals surface area contributed by atoms with E-state index in [2.05, 4.69) is 20.5 Å². The summed E-state index contributed by atoms with van der Waals surface area (Å²) in [6.45, 7) is 5.32. The largest absolute Gasteiger partial charge is 0.336 e. The molecular formula is C16H18N6O2S.